The summed E-state index contributed by atoms with van der Waals surface area (Å²) < 4.78 is 7.37. The molecule has 0 radical (unpaired) electrons. The smallest absolute Gasteiger partial charge is 0.293 e. The first-order valence-electron chi connectivity index (χ1n) is 6.77. The number of rotatable bonds is 3. The lowest BCUT2D eigenvalue weighted by molar-refractivity contribution is 0.0994. The number of halogens is 2. The summed E-state index contributed by atoms with van der Waals surface area (Å²) in [4.78, 5) is 17.1. The predicted octanol–water partition coefficient (Wildman–Crippen LogP) is 4.72. The van der Waals surface area contributed by atoms with Gasteiger partial charge in [0.25, 0.3) is 11.9 Å². The van der Waals surface area contributed by atoms with Crippen LogP contribution in [0.5, 0.6) is 0 Å². The summed E-state index contributed by atoms with van der Waals surface area (Å²) in [5.74, 6) is -0.0143. The molecule has 6 nitrogen and oxygen atoms in total. The van der Waals surface area contributed by atoms with Crippen molar-refractivity contribution < 1.29 is 9.21 Å². The number of carbonyl (C=O) groups excluding carboxylic acids is 1. The average Bonchev–Trinajstić information content (AvgIpc) is 3.24. The number of nitrogens with zero attached hydrogens (tertiary/aromatic N) is 3. The van der Waals surface area contributed by atoms with Crippen molar-refractivity contribution in [3.8, 4) is 11.3 Å². The number of amides is 1. The summed E-state index contributed by atoms with van der Waals surface area (Å²) in [5, 5.41) is 9.59. The summed E-state index contributed by atoms with van der Waals surface area (Å²) in [7, 11) is 0. The molecule has 0 aliphatic carbocycles. The highest BCUT2D eigenvalue weighted by atomic mass is 79.9. The summed E-state index contributed by atoms with van der Waals surface area (Å²) in [6, 6.07) is 10.7. The fourth-order valence-electron chi connectivity index (χ4n) is 2.15. The van der Waals surface area contributed by atoms with Gasteiger partial charge in [0.15, 0.2) is 10.4 Å². The minimum Gasteiger partial charge on any atom is -0.444 e. The van der Waals surface area contributed by atoms with Gasteiger partial charge in [0.1, 0.15) is 0 Å². The molecule has 0 aliphatic rings. The van der Waals surface area contributed by atoms with E-state index in [1.165, 1.54) is 11.3 Å². The number of aromatic nitrogens is 3. The first-order valence-corrected chi connectivity index (χ1v) is 8.82. The van der Waals surface area contributed by atoms with Crippen molar-refractivity contribution >= 4 is 55.7 Å². The maximum atomic E-state index is 12.1. The predicted molar refractivity (Wildman–Crippen MR) is 95.7 cm³/mol. The minimum atomic E-state index is -0.410. The fraction of sp³-hybridized carbons (Fsp3) is 0. The number of carbonyl (C=O) groups is 1. The van der Waals surface area contributed by atoms with Crippen molar-refractivity contribution in [3.63, 3.8) is 0 Å². The number of anilines is 1. The van der Waals surface area contributed by atoms with Crippen LogP contribution < -0.4 is 5.32 Å². The van der Waals surface area contributed by atoms with E-state index in [9.17, 15) is 4.79 Å². The van der Waals surface area contributed by atoms with E-state index in [2.05, 4.69) is 31.3 Å². The molecule has 0 fully saturated rings. The van der Waals surface area contributed by atoms with Gasteiger partial charge in [-0.15, -0.1) is 16.4 Å². The molecule has 1 aromatic carbocycles. The molecule has 0 aliphatic heterocycles. The van der Waals surface area contributed by atoms with E-state index in [-0.39, 0.29) is 11.7 Å². The van der Waals surface area contributed by atoms with Gasteiger partial charge in [-0.1, -0.05) is 23.7 Å². The molecule has 9 heteroatoms. The normalized spacial score (nSPS) is 11.1. The Hall–Kier alpha value is -2.16. The Labute approximate surface area is 153 Å². The molecule has 24 heavy (non-hydrogen) atoms. The lowest BCUT2D eigenvalue weighted by atomic mass is 10.2. The van der Waals surface area contributed by atoms with Gasteiger partial charge in [0, 0.05) is 16.0 Å². The summed E-state index contributed by atoms with van der Waals surface area (Å²) in [6.07, 6.45) is 0. The molecule has 0 bridgehead atoms. The van der Waals surface area contributed by atoms with Gasteiger partial charge in [-0.25, -0.2) is 4.52 Å². The number of hydrogen-bond acceptors (Lipinski definition) is 5. The molecule has 1 amide bonds. The van der Waals surface area contributed by atoms with Gasteiger partial charge >= 0.3 is 0 Å². The van der Waals surface area contributed by atoms with Crippen LogP contribution in [0.15, 0.2) is 50.9 Å². The first-order chi connectivity index (χ1) is 11.6. The third kappa shape index (κ3) is 2.83. The molecule has 0 saturated carbocycles. The Kier molecular flexibility index (Phi) is 3.87. The number of fused-ring (bicyclic) bond motifs is 1. The van der Waals surface area contributed by atoms with Gasteiger partial charge in [-0.3, -0.25) is 10.1 Å². The van der Waals surface area contributed by atoms with Crippen LogP contribution in [0.3, 0.4) is 0 Å². The Balaban J connectivity index is 1.64. The number of furan rings is 1. The zero-order valence-electron chi connectivity index (χ0n) is 11.9. The van der Waals surface area contributed by atoms with Crippen LogP contribution in [0.25, 0.3) is 16.2 Å². The highest BCUT2D eigenvalue weighted by Crippen LogP contribution is 2.27. The van der Waals surface area contributed by atoms with Crippen LogP contribution in [0.2, 0.25) is 5.02 Å². The molecule has 1 N–H and O–H groups in total. The third-order valence-electron chi connectivity index (χ3n) is 3.24. The second-order valence-corrected chi connectivity index (χ2v) is 6.87. The van der Waals surface area contributed by atoms with E-state index in [4.69, 9.17) is 16.0 Å². The SMILES string of the molecule is O=C(Nc1nc2scc(-c3ccc(Cl)cc3)n2n1)c1ccc(Br)o1. The summed E-state index contributed by atoms with van der Waals surface area (Å²) in [5.41, 5.74) is 1.84. The quantitative estimate of drug-likeness (QED) is 0.517. The molecule has 3 aromatic heterocycles. The van der Waals surface area contributed by atoms with E-state index >= 15 is 0 Å². The molecule has 0 unspecified atom stereocenters. The first kappa shape index (κ1) is 15.4. The van der Waals surface area contributed by atoms with E-state index < -0.39 is 5.91 Å². The summed E-state index contributed by atoms with van der Waals surface area (Å²) >= 11 is 10.5. The maximum absolute atomic E-state index is 12.1. The van der Waals surface area contributed by atoms with E-state index in [1.807, 2.05) is 29.6 Å². The van der Waals surface area contributed by atoms with Gasteiger partial charge in [-0.05, 0) is 40.2 Å². The van der Waals surface area contributed by atoms with Crippen LogP contribution in [-0.2, 0) is 0 Å². The van der Waals surface area contributed by atoms with E-state index in [0.717, 1.165) is 11.3 Å². The Morgan fingerprint density at radius 3 is 2.75 bits per heavy atom. The van der Waals surface area contributed by atoms with Crippen LogP contribution in [0.4, 0.5) is 5.95 Å². The number of benzene rings is 1. The second kappa shape index (κ2) is 6.04. The second-order valence-electron chi connectivity index (χ2n) is 4.82. The van der Waals surface area contributed by atoms with Gasteiger partial charge in [-0.2, -0.15) is 4.98 Å². The van der Waals surface area contributed by atoms with E-state index in [1.54, 1.807) is 16.6 Å². The highest BCUT2D eigenvalue weighted by Gasteiger charge is 2.16. The zero-order chi connectivity index (χ0) is 16.7. The average molecular weight is 424 g/mol. The van der Waals surface area contributed by atoms with Gasteiger partial charge in [0.05, 0.1) is 5.69 Å². The maximum Gasteiger partial charge on any atom is 0.293 e. The van der Waals surface area contributed by atoms with Crippen molar-refractivity contribution in [2.24, 2.45) is 0 Å². The minimum absolute atomic E-state index is 0.179. The number of thiazole rings is 1. The Morgan fingerprint density at radius 1 is 1.25 bits per heavy atom. The van der Waals surface area contributed by atoms with Crippen molar-refractivity contribution in [1.82, 2.24) is 14.6 Å². The van der Waals surface area contributed by atoms with Crippen LogP contribution >= 0.6 is 38.9 Å². The molecule has 3 heterocycles. The van der Waals surface area contributed by atoms with E-state index in [0.29, 0.717) is 14.7 Å². The Morgan fingerprint density at radius 2 is 2.04 bits per heavy atom. The van der Waals surface area contributed by atoms with Crippen molar-refractivity contribution in [2.75, 3.05) is 5.32 Å². The monoisotopic (exact) mass is 422 g/mol. The van der Waals surface area contributed by atoms with Crippen molar-refractivity contribution in [3.05, 3.63) is 57.2 Å². The fourth-order valence-corrected chi connectivity index (χ4v) is 3.42. The lowest BCUT2D eigenvalue weighted by Gasteiger charge is -1.99. The Bertz CT molecular complexity index is 1040. The van der Waals surface area contributed by atoms with Crippen LogP contribution in [-0.4, -0.2) is 20.5 Å². The molecule has 0 atom stereocenters. The van der Waals surface area contributed by atoms with Gasteiger partial charge < -0.3 is 4.42 Å². The molecule has 0 spiro atoms. The molecule has 4 aromatic rings. The standard InChI is InChI=1S/C15H8BrClN4O2S/c16-12-6-5-11(23-12)13(22)18-14-19-15-21(20-14)10(7-24-15)8-1-3-9(17)4-2-8/h1-7H,(H,18,20,22). The largest absolute Gasteiger partial charge is 0.444 e. The summed E-state index contributed by atoms with van der Waals surface area (Å²) in [6.45, 7) is 0. The van der Waals surface area contributed by atoms with Crippen molar-refractivity contribution in [2.45, 2.75) is 0 Å². The molecule has 4 rings (SSSR count). The number of hydrogen-bond donors (Lipinski definition) is 1. The van der Waals surface area contributed by atoms with Crippen LogP contribution in [0, 0.1) is 0 Å². The lowest BCUT2D eigenvalue weighted by Crippen LogP contribution is -2.12. The topological polar surface area (TPSA) is 72.4 Å². The third-order valence-corrected chi connectivity index (χ3v) is 4.74. The molecular weight excluding hydrogens is 416 g/mol. The molecular formula is C15H8BrClN4O2S. The molecule has 120 valence electrons. The van der Waals surface area contributed by atoms with Crippen LogP contribution in [0.1, 0.15) is 10.6 Å². The zero-order valence-corrected chi connectivity index (χ0v) is 15.0. The molecule has 0 saturated heterocycles. The highest BCUT2D eigenvalue weighted by molar-refractivity contribution is 9.10. The van der Waals surface area contributed by atoms with Gasteiger partial charge in [0.2, 0.25) is 4.96 Å². The number of nitrogens with one attached hydrogen (secondary N) is 1. The van der Waals surface area contributed by atoms with Crippen molar-refractivity contribution in [1.29, 1.82) is 0 Å².